The van der Waals surface area contributed by atoms with Crippen molar-refractivity contribution in [3.8, 4) is 0 Å². The summed E-state index contributed by atoms with van der Waals surface area (Å²) in [5, 5.41) is 13.4. The lowest BCUT2D eigenvalue weighted by Crippen LogP contribution is -2.57. The van der Waals surface area contributed by atoms with Gasteiger partial charge in [-0.3, -0.25) is 4.79 Å². The molecule has 0 radical (unpaired) electrons. The Morgan fingerprint density at radius 2 is 2.00 bits per heavy atom. The Labute approximate surface area is 129 Å². The van der Waals surface area contributed by atoms with Crippen molar-refractivity contribution < 1.29 is 9.90 Å². The van der Waals surface area contributed by atoms with Gasteiger partial charge in [0.25, 0.3) is 0 Å². The summed E-state index contributed by atoms with van der Waals surface area (Å²) in [6.07, 6.45) is 5.37. The highest BCUT2D eigenvalue weighted by Gasteiger charge is 2.43. The predicted octanol–water partition coefficient (Wildman–Crippen LogP) is 2.16. The van der Waals surface area contributed by atoms with Gasteiger partial charge in [-0.15, -0.1) is 0 Å². The van der Waals surface area contributed by atoms with E-state index in [4.69, 9.17) is 0 Å². The first kappa shape index (κ1) is 16.8. The molecule has 2 aliphatic rings. The summed E-state index contributed by atoms with van der Waals surface area (Å²) >= 11 is 0. The van der Waals surface area contributed by atoms with E-state index in [0.717, 1.165) is 32.2 Å². The van der Waals surface area contributed by atoms with Crippen LogP contribution in [0.4, 0.5) is 0 Å². The Kier molecular flexibility index (Phi) is 4.99. The molecule has 0 aromatic carbocycles. The first-order valence-electron chi connectivity index (χ1n) is 8.46. The van der Waals surface area contributed by atoms with E-state index in [1.54, 1.807) is 0 Å². The van der Waals surface area contributed by atoms with Gasteiger partial charge in [-0.25, -0.2) is 0 Å². The van der Waals surface area contributed by atoms with E-state index in [-0.39, 0.29) is 23.5 Å². The summed E-state index contributed by atoms with van der Waals surface area (Å²) in [5.41, 5.74) is -0.0723. The number of rotatable bonds is 6. The molecule has 2 N–H and O–H groups in total. The molecule has 4 nitrogen and oxygen atoms in total. The third-order valence-electron chi connectivity index (χ3n) is 5.02. The van der Waals surface area contributed by atoms with Gasteiger partial charge in [-0.1, -0.05) is 20.8 Å². The SMILES string of the molecule is CCN(C(=O)CNC1(CO)CC(C)CC(C)(C)C1)C1CC1. The van der Waals surface area contributed by atoms with Crippen LogP contribution in [0.5, 0.6) is 0 Å². The second-order valence-corrected chi connectivity index (χ2v) is 8.06. The zero-order valence-electron chi connectivity index (χ0n) is 14.1. The number of carbonyl (C=O) groups excluding carboxylic acids is 1. The van der Waals surface area contributed by atoms with E-state index >= 15 is 0 Å². The normalized spacial score (nSPS) is 32.0. The molecule has 21 heavy (non-hydrogen) atoms. The number of carbonyl (C=O) groups is 1. The van der Waals surface area contributed by atoms with Crippen LogP contribution in [0.2, 0.25) is 0 Å². The molecule has 1 amide bonds. The van der Waals surface area contributed by atoms with Crippen LogP contribution in [0, 0.1) is 11.3 Å². The Hall–Kier alpha value is -0.610. The van der Waals surface area contributed by atoms with Gasteiger partial charge < -0.3 is 15.3 Å². The maximum atomic E-state index is 12.4. The highest BCUT2D eigenvalue weighted by molar-refractivity contribution is 5.79. The number of amides is 1. The highest BCUT2D eigenvalue weighted by Crippen LogP contribution is 2.43. The minimum Gasteiger partial charge on any atom is -0.394 e. The largest absolute Gasteiger partial charge is 0.394 e. The molecule has 0 saturated heterocycles. The number of aliphatic hydroxyl groups is 1. The molecule has 0 aromatic rings. The number of aliphatic hydroxyl groups excluding tert-OH is 1. The molecule has 2 fully saturated rings. The second-order valence-electron chi connectivity index (χ2n) is 8.06. The van der Waals surface area contributed by atoms with Gasteiger partial charge in [0.15, 0.2) is 0 Å². The third kappa shape index (κ3) is 4.19. The van der Waals surface area contributed by atoms with Gasteiger partial charge in [-0.05, 0) is 50.4 Å². The number of hydrogen-bond donors (Lipinski definition) is 2. The number of likely N-dealkylation sites (N-methyl/N-ethyl adjacent to an activating group) is 1. The summed E-state index contributed by atoms with van der Waals surface area (Å²) in [6, 6.07) is 0.469. The molecule has 0 aliphatic heterocycles. The molecule has 2 rings (SSSR count). The zero-order valence-corrected chi connectivity index (χ0v) is 14.1. The summed E-state index contributed by atoms with van der Waals surface area (Å²) in [7, 11) is 0. The van der Waals surface area contributed by atoms with Gasteiger partial charge in [0.05, 0.1) is 13.2 Å². The monoisotopic (exact) mass is 296 g/mol. The van der Waals surface area contributed by atoms with E-state index in [9.17, 15) is 9.90 Å². The van der Waals surface area contributed by atoms with Gasteiger partial charge in [-0.2, -0.15) is 0 Å². The Morgan fingerprint density at radius 1 is 1.33 bits per heavy atom. The van der Waals surface area contributed by atoms with Crippen LogP contribution in [-0.4, -0.2) is 47.2 Å². The van der Waals surface area contributed by atoms with Crippen molar-refractivity contribution in [1.29, 1.82) is 0 Å². The molecule has 0 aromatic heterocycles. The van der Waals surface area contributed by atoms with E-state index < -0.39 is 0 Å². The number of nitrogens with one attached hydrogen (secondary N) is 1. The molecule has 2 unspecified atom stereocenters. The van der Waals surface area contributed by atoms with Crippen molar-refractivity contribution in [3.05, 3.63) is 0 Å². The summed E-state index contributed by atoms with van der Waals surface area (Å²) in [4.78, 5) is 14.4. The fourth-order valence-corrected chi connectivity index (χ4v) is 4.44. The van der Waals surface area contributed by atoms with Crippen molar-refractivity contribution in [3.63, 3.8) is 0 Å². The van der Waals surface area contributed by atoms with Crippen molar-refractivity contribution in [2.75, 3.05) is 19.7 Å². The van der Waals surface area contributed by atoms with Gasteiger partial charge in [0, 0.05) is 18.1 Å². The molecular weight excluding hydrogens is 264 g/mol. The molecule has 4 heteroatoms. The Morgan fingerprint density at radius 3 is 2.48 bits per heavy atom. The minimum absolute atomic E-state index is 0.115. The topological polar surface area (TPSA) is 52.6 Å². The minimum atomic E-state index is -0.292. The fraction of sp³-hybridized carbons (Fsp3) is 0.941. The molecule has 2 atom stereocenters. The van der Waals surface area contributed by atoms with Crippen molar-refractivity contribution in [1.82, 2.24) is 10.2 Å². The molecule has 2 saturated carbocycles. The van der Waals surface area contributed by atoms with Crippen molar-refractivity contribution in [2.45, 2.75) is 71.4 Å². The molecule has 2 aliphatic carbocycles. The molecule has 0 spiro atoms. The van der Waals surface area contributed by atoms with Crippen molar-refractivity contribution in [2.24, 2.45) is 11.3 Å². The lowest BCUT2D eigenvalue weighted by Gasteiger charge is -2.47. The first-order chi connectivity index (χ1) is 9.81. The smallest absolute Gasteiger partial charge is 0.236 e. The summed E-state index contributed by atoms with van der Waals surface area (Å²) in [5.74, 6) is 0.762. The van der Waals surface area contributed by atoms with Crippen LogP contribution >= 0.6 is 0 Å². The van der Waals surface area contributed by atoms with Crippen molar-refractivity contribution >= 4 is 5.91 Å². The van der Waals surface area contributed by atoms with Crippen LogP contribution in [0.1, 0.15) is 59.8 Å². The van der Waals surface area contributed by atoms with Gasteiger partial charge in [0.2, 0.25) is 5.91 Å². The standard InChI is InChI=1S/C17H32N2O2/c1-5-19(14-6-7-14)15(21)10-18-17(12-20)9-13(2)8-16(3,4)11-17/h13-14,18,20H,5-12H2,1-4H3. The van der Waals surface area contributed by atoms with Crippen LogP contribution in [0.15, 0.2) is 0 Å². The molecular formula is C17H32N2O2. The Balaban J connectivity index is 1.96. The molecule has 0 bridgehead atoms. The maximum Gasteiger partial charge on any atom is 0.236 e. The fourth-order valence-electron chi connectivity index (χ4n) is 4.44. The second kappa shape index (κ2) is 6.25. The predicted molar refractivity (Wildman–Crippen MR) is 85.0 cm³/mol. The number of nitrogens with zero attached hydrogens (tertiary/aromatic N) is 1. The summed E-state index contributed by atoms with van der Waals surface area (Å²) < 4.78 is 0. The summed E-state index contributed by atoms with van der Waals surface area (Å²) in [6.45, 7) is 10.1. The Bertz CT molecular complexity index is 379. The van der Waals surface area contributed by atoms with Crippen LogP contribution in [0.25, 0.3) is 0 Å². The average molecular weight is 296 g/mol. The van der Waals surface area contributed by atoms with E-state index in [0.29, 0.717) is 18.5 Å². The van der Waals surface area contributed by atoms with Crippen LogP contribution in [-0.2, 0) is 4.79 Å². The van der Waals surface area contributed by atoms with Crippen LogP contribution < -0.4 is 5.32 Å². The molecule has 0 heterocycles. The zero-order chi connectivity index (χ0) is 15.7. The lowest BCUT2D eigenvalue weighted by atomic mass is 9.64. The lowest BCUT2D eigenvalue weighted by molar-refractivity contribution is -0.131. The average Bonchev–Trinajstić information content (AvgIpc) is 3.19. The van der Waals surface area contributed by atoms with E-state index in [2.05, 4.69) is 26.1 Å². The van der Waals surface area contributed by atoms with E-state index in [1.807, 2.05) is 11.8 Å². The molecule has 122 valence electrons. The highest BCUT2D eigenvalue weighted by atomic mass is 16.3. The maximum absolute atomic E-state index is 12.4. The van der Waals surface area contributed by atoms with Gasteiger partial charge >= 0.3 is 0 Å². The van der Waals surface area contributed by atoms with E-state index in [1.165, 1.54) is 6.42 Å². The van der Waals surface area contributed by atoms with Crippen LogP contribution in [0.3, 0.4) is 0 Å². The first-order valence-corrected chi connectivity index (χ1v) is 8.46. The van der Waals surface area contributed by atoms with Gasteiger partial charge in [0.1, 0.15) is 0 Å². The third-order valence-corrected chi connectivity index (χ3v) is 5.02. The quantitative estimate of drug-likeness (QED) is 0.790. The number of hydrogen-bond acceptors (Lipinski definition) is 3.